The van der Waals surface area contributed by atoms with Gasteiger partial charge in [-0.25, -0.2) is 13.4 Å². The molecule has 6 heteroatoms. The lowest BCUT2D eigenvalue weighted by molar-refractivity contribution is -0.114. The maximum Gasteiger partial charge on any atom is 0.226 e. The molecule has 5 nitrogen and oxygen atoms in total. The Morgan fingerprint density at radius 2 is 2.21 bits per heavy atom. The van der Waals surface area contributed by atoms with Crippen LogP contribution in [-0.4, -0.2) is 25.6 Å². The molecule has 0 spiro atoms. The predicted octanol–water partition coefficient (Wildman–Crippen LogP) is -0.477. The first-order valence-corrected chi connectivity index (χ1v) is 5.59. The van der Waals surface area contributed by atoms with E-state index < -0.39 is 15.7 Å². The predicted molar refractivity (Wildman–Crippen MR) is 49.9 cm³/mol. The second-order valence-electron chi connectivity index (χ2n) is 2.75. The van der Waals surface area contributed by atoms with Crippen LogP contribution in [0.4, 0.5) is 0 Å². The van der Waals surface area contributed by atoms with E-state index in [9.17, 15) is 13.2 Å². The zero-order valence-electron chi connectivity index (χ0n) is 7.47. The fraction of sp³-hybridized carbons (Fsp3) is 0.125. The van der Waals surface area contributed by atoms with E-state index in [1.807, 2.05) is 0 Å². The van der Waals surface area contributed by atoms with Crippen molar-refractivity contribution in [1.82, 2.24) is 4.98 Å². The second-order valence-corrected chi connectivity index (χ2v) is 4.71. The summed E-state index contributed by atoms with van der Waals surface area (Å²) in [6.07, 6.45) is 3.49. The Kier molecular flexibility index (Phi) is 2.85. The Morgan fingerprint density at radius 3 is 2.71 bits per heavy atom. The third-order valence-electron chi connectivity index (χ3n) is 1.45. The third-order valence-corrected chi connectivity index (χ3v) is 2.43. The van der Waals surface area contributed by atoms with Crippen molar-refractivity contribution in [2.24, 2.45) is 5.73 Å². The molecule has 1 heterocycles. The molecule has 0 aliphatic heterocycles. The Bertz CT molecular complexity index is 453. The van der Waals surface area contributed by atoms with E-state index in [1.165, 1.54) is 18.3 Å². The van der Waals surface area contributed by atoms with Crippen LogP contribution < -0.4 is 5.73 Å². The van der Waals surface area contributed by atoms with Gasteiger partial charge in [0, 0.05) is 12.5 Å². The van der Waals surface area contributed by atoms with Gasteiger partial charge in [0.2, 0.25) is 5.91 Å². The van der Waals surface area contributed by atoms with E-state index >= 15 is 0 Å². The van der Waals surface area contributed by atoms with Crippen molar-refractivity contribution in [3.8, 4) is 0 Å². The highest BCUT2D eigenvalue weighted by Gasteiger charge is 2.09. The summed E-state index contributed by atoms with van der Waals surface area (Å²) < 4.78 is 22.2. The Hall–Kier alpha value is -1.43. The van der Waals surface area contributed by atoms with Crippen molar-refractivity contribution in [3.63, 3.8) is 0 Å². The van der Waals surface area contributed by atoms with Crippen LogP contribution in [0.3, 0.4) is 0 Å². The van der Waals surface area contributed by atoms with Crippen LogP contribution >= 0.6 is 0 Å². The number of carbonyl (C=O) groups is 1. The average Bonchev–Trinajstić information content (AvgIpc) is 2.01. The number of rotatable bonds is 3. The largest absolute Gasteiger partial charge is 0.369 e. The van der Waals surface area contributed by atoms with Crippen LogP contribution in [-0.2, 0) is 14.6 Å². The molecule has 75 valence electrons. The molecule has 1 amide bonds. The highest BCUT2D eigenvalue weighted by Crippen LogP contribution is 2.08. The van der Waals surface area contributed by atoms with Crippen molar-refractivity contribution in [2.45, 2.75) is 5.03 Å². The van der Waals surface area contributed by atoms with Gasteiger partial charge in [0.1, 0.15) is 0 Å². The molecule has 2 N–H and O–H groups in total. The normalized spacial score (nSPS) is 11.2. The van der Waals surface area contributed by atoms with Crippen molar-refractivity contribution >= 4 is 15.7 Å². The molecule has 0 aromatic carbocycles. The number of nitrogens with two attached hydrogens (primary N) is 1. The molecule has 0 saturated heterocycles. The zero-order valence-corrected chi connectivity index (χ0v) is 8.28. The molecule has 0 bridgehead atoms. The third kappa shape index (κ3) is 2.81. The minimum absolute atomic E-state index is 0.0764. The number of pyridine rings is 1. The molecule has 0 fully saturated rings. The van der Waals surface area contributed by atoms with Crippen molar-refractivity contribution in [3.05, 3.63) is 30.3 Å². The highest BCUT2D eigenvalue weighted by atomic mass is 32.2. The van der Waals surface area contributed by atoms with E-state index in [0.717, 1.165) is 12.7 Å². The van der Waals surface area contributed by atoms with Crippen LogP contribution in [0.2, 0.25) is 0 Å². The Morgan fingerprint density at radius 1 is 1.57 bits per heavy atom. The van der Waals surface area contributed by atoms with Gasteiger partial charge >= 0.3 is 0 Å². The van der Waals surface area contributed by atoms with Gasteiger partial charge in [-0.3, -0.25) is 4.79 Å². The second kappa shape index (κ2) is 3.75. The van der Waals surface area contributed by atoms with Crippen LogP contribution in [0.5, 0.6) is 0 Å². The Labute approximate surface area is 81.9 Å². The monoisotopic (exact) mass is 213 g/mol. The van der Waals surface area contributed by atoms with E-state index in [-0.39, 0.29) is 5.03 Å². The molecule has 0 saturated carbocycles. The first kappa shape index (κ1) is 10.6. The van der Waals surface area contributed by atoms with Gasteiger partial charge in [-0.05, 0) is 17.7 Å². The standard InChI is InChI=1S/C8H9N2O3S/c1-14(12,13)8-5-6(2-3-10-8)4-7(9)11/h2-5H,1H3,(H2,9,11). The van der Waals surface area contributed by atoms with Gasteiger partial charge < -0.3 is 5.73 Å². The van der Waals surface area contributed by atoms with Crippen molar-refractivity contribution in [1.29, 1.82) is 0 Å². The first-order valence-electron chi connectivity index (χ1n) is 3.70. The van der Waals surface area contributed by atoms with Gasteiger partial charge in [-0.15, -0.1) is 0 Å². The quantitative estimate of drug-likeness (QED) is 0.734. The molecule has 14 heavy (non-hydrogen) atoms. The molecule has 1 aromatic rings. The molecule has 0 aliphatic rings. The number of aromatic nitrogens is 1. The number of sulfone groups is 1. The Balaban J connectivity index is 3.08. The van der Waals surface area contributed by atoms with E-state index in [0.29, 0.717) is 5.56 Å². The van der Waals surface area contributed by atoms with Gasteiger partial charge in [0.15, 0.2) is 14.9 Å². The summed E-state index contributed by atoms with van der Waals surface area (Å²) in [6.45, 7) is 0. The number of primary amides is 1. The lowest BCUT2D eigenvalue weighted by Crippen LogP contribution is -2.12. The number of carbonyl (C=O) groups excluding carboxylic acids is 1. The van der Waals surface area contributed by atoms with E-state index in [1.54, 1.807) is 0 Å². The molecular formula is C8H9N2O3S. The molecule has 0 unspecified atom stereocenters. The first-order chi connectivity index (χ1) is 6.39. The van der Waals surface area contributed by atoms with Crippen LogP contribution in [0.1, 0.15) is 5.56 Å². The topological polar surface area (TPSA) is 90.1 Å². The maximum absolute atomic E-state index is 11.1. The lowest BCUT2D eigenvalue weighted by atomic mass is 10.2. The highest BCUT2D eigenvalue weighted by molar-refractivity contribution is 7.90. The summed E-state index contributed by atoms with van der Waals surface area (Å²) in [7, 11) is -3.34. The summed E-state index contributed by atoms with van der Waals surface area (Å²) in [5.41, 5.74) is 5.34. The van der Waals surface area contributed by atoms with Crippen LogP contribution in [0, 0.1) is 6.42 Å². The van der Waals surface area contributed by atoms with Gasteiger partial charge in [0.05, 0.1) is 6.42 Å². The van der Waals surface area contributed by atoms with Crippen LogP contribution in [0.25, 0.3) is 0 Å². The molecule has 0 atom stereocenters. The van der Waals surface area contributed by atoms with Crippen LogP contribution in [0.15, 0.2) is 23.4 Å². The van der Waals surface area contributed by atoms with E-state index in [4.69, 9.17) is 5.73 Å². The summed E-state index contributed by atoms with van der Waals surface area (Å²) in [6, 6.07) is 2.79. The smallest absolute Gasteiger partial charge is 0.226 e. The number of nitrogens with zero attached hydrogens (tertiary/aromatic N) is 1. The SMILES string of the molecule is CS(=O)(=O)c1cc([CH]C(N)=O)ccn1. The molecule has 1 aromatic heterocycles. The molecule has 1 rings (SSSR count). The van der Waals surface area contributed by atoms with Gasteiger partial charge in [0.25, 0.3) is 0 Å². The summed E-state index contributed by atoms with van der Waals surface area (Å²) in [4.78, 5) is 14.2. The fourth-order valence-electron chi connectivity index (χ4n) is 0.882. The molecular weight excluding hydrogens is 204 g/mol. The summed E-state index contributed by atoms with van der Waals surface area (Å²) in [5.74, 6) is -0.629. The number of hydrogen-bond acceptors (Lipinski definition) is 4. The maximum atomic E-state index is 11.1. The van der Waals surface area contributed by atoms with Crippen molar-refractivity contribution < 1.29 is 13.2 Å². The lowest BCUT2D eigenvalue weighted by Gasteiger charge is -1.99. The minimum Gasteiger partial charge on any atom is -0.369 e. The summed E-state index contributed by atoms with van der Waals surface area (Å²) in [5, 5.41) is -0.0764. The minimum atomic E-state index is -3.34. The van der Waals surface area contributed by atoms with E-state index in [2.05, 4.69) is 4.98 Å². The molecule has 0 aliphatic carbocycles. The summed E-state index contributed by atoms with van der Waals surface area (Å²) >= 11 is 0. The number of amides is 1. The fourth-order valence-corrected chi connectivity index (χ4v) is 1.48. The number of hydrogen-bond donors (Lipinski definition) is 1. The average molecular weight is 213 g/mol. The van der Waals surface area contributed by atoms with Crippen molar-refractivity contribution in [2.75, 3.05) is 6.26 Å². The molecule has 1 radical (unpaired) electrons. The van der Waals surface area contributed by atoms with Gasteiger partial charge in [-0.2, -0.15) is 0 Å². The zero-order chi connectivity index (χ0) is 10.8. The van der Waals surface area contributed by atoms with Gasteiger partial charge in [-0.1, -0.05) is 0 Å².